The molecular weight excluding hydrogens is 374 g/mol. The van der Waals surface area contributed by atoms with Crippen molar-refractivity contribution in [1.29, 1.82) is 0 Å². The van der Waals surface area contributed by atoms with Crippen molar-refractivity contribution in [2.45, 2.75) is 52.4 Å². The number of hydrogen-bond donors (Lipinski definition) is 0. The fraction of sp³-hybridized carbons (Fsp3) is 0.333. The molecule has 0 aliphatic heterocycles. The lowest BCUT2D eigenvalue weighted by Gasteiger charge is -2.25. The molecule has 0 saturated heterocycles. The van der Waals surface area contributed by atoms with E-state index in [1.807, 2.05) is 0 Å². The molecule has 3 aromatic carbocycles. The minimum absolute atomic E-state index is 1.16. The summed E-state index contributed by atoms with van der Waals surface area (Å²) in [5, 5.41) is 0. The van der Waals surface area contributed by atoms with Gasteiger partial charge >= 0.3 is 0 Å². The van der Waals surface area contributed by atoms with E-state index in [0.29, 0.717) is 0 Å². The van der Waals surface area contributed by atoms with Crippen LogP contribution in [0.3, 0.4) is 0 Å². The highest BCUT2D eigenvalue weighted by molar-refractivity contribution is 5.81. The van der Waals surface area contributed by atoms with E-state index < -0.39 is 0 Å². The lowest BCUT2D eigenvalue weighted by molar-refractivity contribution is 0.636. The summed E-state index contributed by atoms with van der Waals surface area (Å²) < 4.78 is 0. The van der Waals surface area contributed by atoms with Crippen LogP contribution in [0.5, 0.6) is 0 Å². The molecular formula is C30H37N. The molecule has 0 radical (unpaired) electrons. The average Bonchev–Trinajstić information content (AvgIpc) is 2.83. The van der Waals surface area contributed by atoms with Crippen molar-refractivity contribution in [3.05, 3.63) is 90.0 Å². The molecule has 0 saturated carbocycles. The van der Waals surface area contributed by atoms with E-state index in [4.69, 9.17) is 0 Å². The molecule has 0 spiro atoms. The van der Waals surface area contributed by atoms with E-state index in [1.165, 1.54) is 66.5 Å². The Morgan fingerprint density at radius 2 is 1.23 bits per heavy atom. The molecule has 0 N–H and O–H groups in total. The van der Waals surface area contributed by atoms with Crippen molar-refractivity contribution >= 4 is 17.8 Å². The van der Waals surface area contributed by atoms with Crippen LogP contribution in [0.25, 0.3) is 23.3 Å². The second-order valence-electron chi connectivity index (χ2n) is 8.28. The summed E-state index contributed by atoms with van der Waals surface area (Å²) in [6.07, 6.45) is 12.2. The van der Waals surface area contributed by atoms with Crippen LogP contribution in [0.1, 0.15) is 63.5 Å². The number of anilines is 1. The number of nitrogens with zero attached hydrogens (tertiary/aromatic N) is 1. The van der Waals surface area contributed by atoms with E-state index in [0.717, 1.165) is 13.1 Å². The number of rotatable bonds is 12. The Labute approximate surface area is 189 Å². The molecule has 0 aliphatic rings. The molecule has 0 atom stereocenters. The summed E-state index contributed by atoms with van der Waals surface area (Å²) in [5.41, 5.74) is 6.38. The zero-order valence-corrected chi connectivity index (χ0v) is 19.3. The van der Waals surface area contributed by atoms with Gasteiger partial charge in [0.05, 0.1) is 0 Å². The van der Waals surface area contributed by atoms with Crippen molar-refractivity contribution in [3.8, 4) is 11.1 Å². The third kappa shape index (κ3) is 7.14. The minimum Gasteiger partial charge on any atom is -0.372 e. The lowest BCUT2D eigenvalue weighted by Crippen LogP contribution is -2.25. The molecule has 0 aliphatic carbocycles. The molecule has 1 heteroatoms. The minimum atomic E-state index is 1.16. The van der Waals surface area contributed by atoms with Gasteiger partial charge < -0.3 is 4.90 Å². The zero-order valence-electron chi connectivity index (χ0n) is 19.3. The van der Waals surface area contributed by atoms with Gasteiger partial charge in [0, 0.05) is 18.8 Å². The average molecular weight is 412 g/mol. The largest absolute Gasteiger partial charge is 0.372 e. The monoisotopic (exact) mass is 411 g/mol. The van der Waals surface area contributed by atoms with Gasteiger partial charge in [-0.2, -0.15) is 0 Å². The van der Waals surface area contributed by atoms with Gasteiger partial charge in [-0.05, 0) is 47.2 Å². The molecule has 162 valence electrons. The van der Waals surface area contributed by atoms with E-state index in [2.05, 4.69) is 110 Å². The van der Waals surface area contributed by atoms with Crippen molar-refractivity contribution in [2.75, 3.05) is 18.0 Å². The van der Waals surface area contributed by atoms with Gasteiger partial charge in [-0.3, -0.25) is 0 Å². The second-order valence-corrected chi connectivity index (χ2v) is 8.28. The highest BCUT2D eigenvalue weighted by Crippen LogP contribution is 2.25. The Balaban J connectivity index is 1.71. The maximum absolute atomic E-state index is 2.57. The first-order valence-electron chi connectivity index (χ1n) is 12.0. The Morgan fingerprint density at radius 3 is 1.87 bits per heavy atom. The highest BCUT2D eigenvalue weighted by Gasteiger charge is 2.06. The normalized spacial score (nSPS) is 11.2. The molecule has 0 fully saturated rings. The third-order valence-electron chi connectivity index (χ3n) is 5.82. The number of unbranched alkanes of at least 4 members (excludes halogenated alkanes) is 4. The first-order chi connectivity index (χ1) is 15.3. The van der Waals surface area contributed by atoms with Crippen molar-refractivity contribution in [2.24, 2.45) is 0 Å². The lowest BCUT2D eigenvalue weighted by atomic mass is 9.99. The molecule has 1 nitrogen and oxygen atoms in total. The van der Waals surface area contributed by atoms with Crippen LogP contribution < -0.4 is 4.90 Å². The molecule has 0 bridgehead atoms. The SMILES string of the molecule is CCCCCN(CCCCC)c1ccc(C=Cc2ccccc2-c2ccccc2)cc1. The van der Waals surface area contributed by atoms with Crippen LogP contribution in [0, 0.1) is 0 Å². The maximum atomic E-state index is 2.57. The van der Waals surface area contributed by atoms with Gasteiger partial charge in [-0.25, -0.2) is 0 Å². The van der Waals surface area contributed by atoms with Crippen LogP contribution in [0.2, 0.25) is 0 Å². The molecule has 0 unspecified atom stereocenters. The third-order valence-corrected chi connectivity index (χ3v) is 5.82. The van der Waals surface area contributed by atoms with E-state index in [9.17, 15) is 0 Å². The van der Waals surface area contributed by atoms with Gasteiger partial charge in [0.2, 0.25) is 0 Å². The predicted octanol–water partition coefficient (Wildman–Crippen LogP) is 8.71. The Kier molecular flexibility index (Phi) is 9.44. The van der Waals surface area contributed by atoms with Crippen LogP contribution in [0.15, 0.2) is 78.9 Å². The van der Waals surface area contributed by atoms with Gasteiger partial charge in [0.15, 0.2) is 0 Å². The van der Waals surface area contributed by atoms with Crippen molar-refractivity contribution < 1.29 is 0 Å². The zero-order chi connectivity index (χ0) is 21.7. The summed E-state index contributed by atoms with van der Waals surface area (Å²) >= 11 is 0. The van der Waals surface area contributed by atoms with Gasteiger partial charge in [0.25, 0.3) is 0 Å². The van der Waals surface area contributed by atoms with Gasteiger partial charge in [0.1, 0.15) is 0 Å². The van der Waals surface area contributed by atoms with E-state index in [1.54, 1.807) is 0 Å². The maximum Gasteiger partial charge on any atom is 0.0366 e. The smallest absolute Gasteiger partial charge is 0.0366 e. The molecule has 31 heavy (non-hydrogen) atoms. The summed E-state index contributed by atoms with van der Waals surface area (Å²) in [7, 11) is 0. The summed E-state index contributed by atoms with van der Waals surface area (Å²) in [5.74, 6) is 0. The second kappa shape index (κ2) is 12.8. The van der Waals surface area contributed by atoms with Crippen molar-refractivity contribution in [1.82, 2.24) is 0 Å². The first-order valence-corrected chi connectivity index (χ1v) is 12.0. The molecule has 0 heterocycles. The van der Waals surface area contributed by atoms with E-state index >= 15 is 0 Å². The highest BCUT2D eigenvalue weighted by atomic mass is 15.1. The summed E-state index contributed by atoms with van der Waals surface area (Å²) in [6.45, 7) is 6.88. The molecule has 3 rings (SSSR count). The number of benzene rings is 3. The molecule has 0 aromatic heterocycles. The Morgan fingerprint density at radius 1 is 0.613 bits per heavy atom. The molecule has 3 aromatic rings. The van der Waals surface area contributed by atoms with Gasteiger partial charge in [-0.15, -0.1) is 0 Å². The van der Waals surface area contributed by atoms with Crippen LogP contribution >= 0.6 is 0 Å². The summed E-state index contributed by atoms with van der Waals surface area (Å²) in [4.78, 5) is 2.57. The fourth-order valence-electron chi connectivity index (χ4n) is 3.98. The standard InChI is InChI=1S/C30H37N/c1-3-5-12-24-31(25-13-6-4-2)29-22-19-26(20-23-29)18-21-28-16-10-11-17-30(28)27-14-8-7-9-15-27/h7-11,14-23H,3-6,12-13,24-25H2,1-2H3. The van der Waals surface area contributed by atoms with Crippen LogP contribution in [0.4, 0.5) is 5.69 Å². The Hall–Kier alpha value is -2.80. The van der Waals surface area contributed by atoms with Crippen molar-refractivity contribution in [3.63, 3.8) is 0 Å². The molecule has 0 amide bonds. The summed E-state index contributed by atoms with van der Waals surface area (Å²) in [6, 6.07) is 28.3. The fourth-order valence-corrected chi connectivity index (χ4v) is 3.98. The first kappa shape index (κ1) is 22.9. The number of hydrogen-bond acceptors (Lipinski definition) is 1. The Bertz CT molecular complexity index is 899. The van der Waals surface area contributed by atoms with E-state index in [-0.39, 0.29) is 0 Å². The topological polar surface area (TPSA) is 3.24 Å². The van der Waals surface area contributed by atoms with Crippen LogP contribution in [-0.2, 0) is 0 Å². The van der Waals surface area contributed by atoms with Crippen LogP contribution in [-0.4, -0.2) is 13.1 Å². The van der Waals surface area contributed by atoms with Gasteiger partial charge in [-0.1, -0.05) is 118 Å². The predicted molar refractivity (Wildman–Crippen MR) is 139 cm³/mol. The quantitative estimate of drug-likeness (QED) is 0.213.